The van der Waals surface area contributed by atoms with Crippen LogP contribution in [0.5, 0.6) is 0 Å². The molecule has 528 valence electrons. The Morgan fingerprint density at radius 3 is 1.32 bits per heavy atom. The van der Waals surface area contributed by atoms with E-state index in [1.807, 2.05) is 69.2 Å². The molecule has 8 amide bonds. The lowest BCUT2D eigenvalue weighted by Crippen LogP contribution is -2.50. The molecular formula is C68H96Cl2F2N12O12. The Labute approximate surface area is 573 Å². The van der Waals surface area contributed by atoms with Crippen LogP contribution in [0.2, 0.25) is 0 Å². The third kappa shape index (κ3) is 21.4. The van der Waals surface area contributed by atoms with Crippen LogP contribution in [0.3, 0.4) is 0 Å². The fourth-order valence-electron chi connectivity index (χ4n) is 11.2. The molecule has 0 radical (unpaired) electrons. The van der Waals surface area contributed by atoms with Crippen molar-refractivity contribution < 1.29 is 66.5 Å². The molecule has 0 saturated carbocycles. The summed E-state index contributed by atoms with van der Waals surface area (Å²) < 4.78 is 44.1. The van der Waals surface area contributed by atoms with Crippen molar-refractivity contribution in [2.45, 2.75) is 108 Å². The number of fused-ring (bicyclic) bond motifs is 2. The Kier molecular flexibility index (Phi) is 29.2. The number of rotatable bonds is 19. The van der Waals surface area contributed by atoms with E-state index >= 15 is 0 Å². The lowest BCUT2D eigenvalue weighted by atomic mass is 10.0. The van der Waals surface area contributed by atoms with Gasteiger partial charge in [0.1, 0.15) is 29.4 Å². The van der Waals surface area contributed by atoms with Crippen molar-refractivity contribution in [3.63, 3.8) is 0 Å². The van der Waals surface area contributed by atoms with E-state index in [2.05, 4.69) is 40.2 Å². The molecule has 24 nitrogen and oxygen atoms in total. The number of halogens is 4. The number of amides is 8. The normalized spacial score (nSPS) is 15.6. The third-order valence-corrected chi connectivity index (χ3v) is 16.8. The van der Waals surface area contributed by atoms with Gasteiger partial charge in [0, 0.05) is 137 Å². The van der Waals surface area contributed by atoms with Gasteiger partial charge in [0.15, 0.2) is 0 Å². The molecule has 2 fully saturated rings. The number of aromatic amines is 2. The Morgan fingerprint density at radius 1 is 0.583 bits per heavy atom. The number of aromatic nitrogens is 2. The van der Waals surface area contributed by atoms with Crippen molar-refractivity contribution in [2.75, 3.05) is 142 Å². The lowest BCUT2D eigenvalue weighted by Gasteiger charge is -2.35. The van der Waals surface area contributed by atoms with E-state index in [1.54, 1.807) is 49.6 Å². The predicted molar refractivity (Wildman–Crippen MR) is 369 cm³/mol. The quantitative estimate of drug-likeness (QED) is 0.0253. The number of hydrogen-bond acceptors (Lipinski definition) is 16. The van der Waals surface area contributed by atoms with Crippen molar-refractivity contribution in [3.8, 4) is 0 Å². The van der Waals surface area contributed by atoms with Crippen molar-refractivity contribution in [1.82, 2.24) is 49.2 Å². The Balaban J connectivity index is 0.000000292. The summed E-state index contributed by atoms with van der Waals surface area (Å²) in [4.78, 5) is 122. The van der Waals surface area contributed by atoms with Gasteiger partial charge in [0.05, 0.1) is 28.9 Å². The average molecular weight is 1380 g/mol. The molecule has 96 heavy (non-hydrogen) atoms. The summed E-state index contributed by atoms with van der Waals surface area (Å²) in [6.07, 6.45) is 1.86. The molecule has 4 aromatic rings. The number of aliphatic hydroxyl groups excluding tert-OH is 1. The molecule has 8 rings (SSSR count). The summed E-state index contributed by atoms with van der Waals surface area (Å²) in [7, 11) is 0. The Morgan fingerprint density at radius 2 is 0.958 bits per heavy atom. The van der Waals surface area contributed by atoms with Crippen LogP contribution in [0.1, 0.15) is 135 Å². The number of ether oxygens (including phenoxy) is 3. The zero-order chi connectivity index (χ0) is 70.2. The van der Waals surface area contributed by atoms with Gasteiger partial charge in [-0.2, -0.15) is 0 Å². The molecule has 2 saturated heterocycles. The maximum atomic E-state index is 14.0. The zero-order valence-corrected chi connectivity index (χ0v) is 59.4. The van der Waals surface area contributed by atoms with Crippen LogP contribution in [-0.4, -0.2) is 244 Å². The maximum Gasteiger partial charge on any atom is 0.416 e. The molecule has 2 aromatic carbocycles. The predicted octanol–water partition coefficient (Wildman–Crippen LogP) is 10.1. The van der Waals surface area contributed by atoms with Gasteiger partial charge in [0.25, 0.3) is 23.6 Å². The number of likely N-dealkylation sites (N-methyl/N-ethyl adjacent to an activating group) is 2. The molecule has 6 heterocycles. The zero-order valence-electron chi connectivity index (χ0n) is 57.8. The molecular weight excluding hydrogens is 1290 g/mol. The molecule has 2 aromatic heterocycles. The van der Waals surface area contributed by atoms with Crippen molar-refractivity contribution in [2.24, 2.45) is 0 Å². The van der Waals surface area contributed by atoms with Crippen LogP contribution in [-0.2, 0) is 23.8 Å². The van der Waals surface area contributed by atoms with Crippen LogP contribution in [0.15, 0.2) is 36.4 Å². The number of H-pyrrole nitrogens is 2. The van der Waals surface area contributed by atoms with Gasteiger partial charge in [0.2, 0.25) is 0 Å². The monoisotopic (exact) mass is 1380 g/mol. The first-order valence-corrected chi connectivity index (χ1v) is 32.7. The number of β-amino-alcohol motifs (C(OH)–C–C–N with tert-alkyl or cyclic N) is 1. The minimum absolute atomic E-state index is 0. The number of carbonyl (C=O) groups is 8. The summed E-state index contributed by atoms with van der Waals surface area (Å²) in [5, 5.41) is 13.4. The van der Waals surface area contributed by atoms with E-state index in [1.165, 1.54) is 36.4 Å². The fraction of sp³-hybridized carbons (Fsp3) is 0.529. The summed E-state index contributed by atoms with van der Waals surface area (Å²) >= 11 is 5.73. The number of hydrogen-bond donors (Lipinski definition) is 5. The van der Waals surface area contributed by atoms with Gasteiger partial charge in [-0.1, -0.05) is 27.7 Å². The van der Waals surface area contributed by atoms with E-state index in [4.69, 9.17) is 30.9 Å². The SMILES string of the molecule is CC(C)(C)OC(=O)N1CCN(CCO)CC1.CCN(CC)CCN(C(=O)Cl)C(=O)c1c(C)[nH]c(/C=C2\C(=O)Nc3ccc(F)cc32)c1C.CCN(CC)CCN(C(=O)OCCN1CCN(C(=O)OC(C)(C)C)CC1)C(=O)c1c(C)[nH]c(/C=C2\C(=O)Nc3ccc(F)cc32)c1C.Cl. The second kappa shape index (κ2) is 35.5. The van der Waals surface area contributed by atoms with Gasteiger partial charge in [-0.15, -0.1) is 12.4 Å². The van der Waals surface area contributed by atoms with Crippen LogP contribution in [0, 0.1) is 39.3 Å². The Hall–Kier alpha value is -7.72. The number of aryl methyl sites for hydroxylation is 2. The number of imide groups is 2. The number of anilines is 2. The van der Waals surface area contributed by atoms with Crippen molar-refractivity contribution in [3.05, 3.63) is 104 Å². The van der Waals surface area contributed by atoms with Gasteiger partial charge in [-0.25, -0.2) is 28.1 Å². The van der Waals surface area contributed by atoms with Gasteiger partial charge >= 0.3 is 23.6 Å². The summed E-state index contributed by atoms with van der Waals surface area (Å²) in [5.41, 5.74) is 5.35. The maximum absolute atomic E-state index is 14.0. The molecule has 0 unspecified atom stereocenters. The average Bonchev–Trinajstić information content (AvgIpc) is 1.64. The topological polar surface area (TPSA) is 266 Å². The third-order valence-electron chi connectivity index (χ3n) is 16.6. The van der Waals surface area contributed by atoms with Crippen LogP contribution >= 0.6 is 24.0 Å². The van der Waals surface area contributed by atoms with E-state index in [-0.39, 0.29) is 73.9 Å². The number of carbonyl (C=O) groups excluding carboxylic acids is 8. The highest BCUT2D eigenvalue weighted by atomic mass is 35.5. The molecule has 0 bridgehead atoms. The lowest BCUT2D eigenvalue weighted by molar-refractivity contribution is -0.111. The van der Waals surface area contributed by atoms with E-state index < -0.39 is 46.1 Å². The first kappa shape index (κ1) is 79.0. The second-order valence-corrected chi connectivity index (χ2v) is 25.7. The van der Waals surface area contributed by atoms with E-state index in [9.17, 15) is 47.1 Å². The fourth-order valence-corrected chi connectivity index (χ4v) is 11.4. The molecule has 0 aliphatic carbocycles. The van der Waals surface area contributed by atoms with Crippen molar-refractivity contribution in [1.29, 1.82) is 0 Å². The molecule has 0 spiro atoms. The first-order chi connectivity index (χ1) is 44.8. The highest BCUT2D eigenvalue weighted by molar-refractivity contribution is 6.64. The largest absolute Gasteiger partial charge is 0.448 e. The number of nitrogens with one attached hydrogen (secondary N) is 4. The van der Waals surface area contributed by atoms with E-state index in [0.29, 0.717) is 133 Å². The van der Waals surface area contributed by atoms with Crippen molar-refractivity contribution >= 4 is 106 Å². The molecule has 4 aliphatic rings. The van der Waals surface area contributed by atoms with E-state index in [0.717, 1.165) is 49.1 Å². The first-order valence-electron chi connectivity index (χ1n) is 32.3. The van der Waals surface area contributed by atoms with Gasteiger partial charge < -0.3 is 59.5 Å². The van der Waals surface area contributed by atoms with Crippen LogP contribution in [0.4, 0.5) is 39.3 Å². The second-order valence-electron chi connectivity index (χ2n) is 25.4. The standard InChI is InChI=1S/C34H47FN6O6.C23H26ClFN4O3.C11H22N2O3.ClH/c1-8-38(9-2)14-17-41(33(45)46-19-18-39-12-15-40(16-13-39)32(44)47-34(5,6)7)31(43)29-22(3)28(36-23(29)4)21-26-25-20-24(35)10-11-27(25)37-30(26)42;1-5-28(6-2)9-10-29(23(24)32)22(31)20-13(3)19(26-14(20)4)12-17-16-11-15(25)7-8-18(16)27-21(17)30;1-11(2,3)16-10(15)13-6-4-12(5-7-13)8-9-14;/h10-11,20-21,36H,8-9,12-19H2,1-7H3,(H,37,42);7-8,11-12,26H,5-6,9-10H2,1-4H3,(H,27,30);14H,4-9H2,1-3H3;1H/b26-21-;17-12-;;. The van der Waals surface area contributed by atoms with Gasteiger partial charge in [-0.05, 0) is 167 Å². The summed E-state index contributed by atoms with van der Waals surface area (Å²) in [5.74, 6) is -2.66. The number of benzene rings is 2. The molecule has 5 N–H and O–H groups in total. The number of piperazine rings is 2. The van der Waals surface area contributed by atoms with Gasteiger partial charge in [-0.3, -0.25) is 38.7 Å². The molecule has 28 heteroatoms. The molecule has 4 aliphatic heterocycles. The summed E-state index contributed by atoms with van der Waals surface area (Å²) in [6, 6.07) is 8.15. The summed E-state index contributed by atoms with van der Waals surface area (Å²) in [6.45, 7) is 37.0. The minimum Gasteiger partial charge on any atom is -0.448 e. The Bertz CT molecular complexity index is 3480. The van der Waals surface area contributed by atoms with Crippen LogP contribution < -0.4 is 10.6 Å². The highest BCUT2D eigenvalue weighted by Gasteiger charge is 2.34. The minimum atomic E-state index is -0.846. The highest BCUT2D eigenvalue weighted by Crippen LogP contribution is 2.36. The number of aliphatic hydroxyl groups is 1. The number of nitrogens with zero attached hydrogens (tertiary/aromatic N) is 8. The smallest absolute Gasteiger partial charge is 0.416 e. The molecule has 0 atom stereocenters. The van der Waals surface area contributed by atoms with Crippen LogP contribution in [0.25, 0.3) is 23.3 Å².